The van der Waals surface area contributed by atoms with Crippen LogP contribution in [-0.4, -0.2) is 50.7 Å². The number of nitrogens with zero attached hydrogens (tertiary/aromatic N) is 1. The molecule has 0 fully saturated rings. The van der Waals surface area contributed by atoms with E-state index in [2.05, 4.69) is 10.6 Å². The molecule has 7 heteroatoms. The van der Waals surface area contributed by atoms with Crippen LogP contribution in [0, 0.1) is 5.41 Å². The lowest BCUT2D eigenvalue weighted by Crippen LogP contribution is -2.48. The molecule has 132 valence electrons. The maximum atomic E-state index is 12.4. The molecular formula is C17H25N3O4. The van der Waals surface area contributed by atoms with E-state index in [0.29, 0.717) is 24.6 Å². The van der Waals surface area contributed by atoms with Gasteiger partial charge in [0.15, 0.2) is 11.5 Å². The fraction of sp³-hybridized carbons (Fsp3) is 0.529. The van der Waals surface area contributed by atoms with Crippen molar-refractivity contribution in [2.75, 3.05) is 34.0 Å². The fourth-order valence-electron chi connectivity index (χ4n) is 2.17. The Balaban J connectivity index is 1.87. The highest BCUT2D eigenvalue weighted by Gasteiger charge is 2.35. The SMILES string of the molecule is CN(C)CCNC(=O)C(C)(C)C(=O)NCc1ccc2c(c1)OCO2. The second-order valence-corrected chi connectivity index (χ2v) is 6.55. The van der Waals surface area contributed by atoms with E-state index in [9.17, 15) is 9.59 Å². The molecule has 0 radical (unpaired) electrons. The van der Waals surface area contributed by atoms with Crippen LogP contribution < -0.4 is 20.1 Å². The topological polar surface area (TPSA) is 79.9 Å². The third kappa shape index (κ3) is 4.38. The quantitative estimate of drug-likeness (QED) is 0.718. The standard InChI is InChI=1S/C17H25N3O4/c1-17(2,15(21)18-7-8-20(3)4)16(22)19-10-12-5-6-13-14(9-12)24-11-23-13/h5-6,9H,7-8,10-11H2,1-4H3,(H,18,21)(H,19,22). The van der Waals surface area contributed by atoms with Gasteiger partial charge < -0.3 is 25.0 Å². The first-order chi connectivity index (χ1) is 11.3. The minimum Gasteiger partial charge on any atom is -0.454 e. The van der Waals surface area contributed by atoms with Crippen LogP contribution in [0.15, 0.2) is 18.2 Å². The molecule has 1 heterocycles. The molecule has 1 aromatic rings. The molecule has 0 aromatic heterocycles. The van der Waals surface area contributed by atoms with Crippen LogP contribution in [0.2, 0.25) is 0 Å². The highest BCUT2D eigenvalue weighted by molar-refractivity contribution is 6.04. The van der Waals surface area contributed by atoms with Crippen LogP contribution >= 0.6 is 0 Å². The van der Waals surface area contributed by atoms with Gasteiger partial charge in [-0.05, 0) is 45.6 Å². The van der Waals surface area contributed by atoms with Crippen molar-refractivity contribution in [2.24, 2.45) is 5.41 Å². The number of hydrogen-bond donors (Lipinski definition) is 2. The molecule has 0 bridgehead atoms. The second-order valence-electron chi connectivity index (χ2n) is 6.55. The fourth-order valence-corrected chi connectivity index (χ4v) is 2.17. The molecule has 0 atom stereocenters. The zero-order chi connectivity index (χ0) is 17.7. The molecule has 1 aromatic carbocycles. The number of benzene rings is 1. The van der Waals surface area contributed by atoms with Crippen LogP contribution in [0.3, 0.4) is 0 Å². The summed E-state index contributed by atoms with van der Waals surface area (Å²) in [5.74, 6) is 0.767. The van der Waals surface area contributed by atoms with Gasteiger partial charge in [-0.1, -0.05) is 6.07 Å². The average molecular weight is 335 g/mol. The van der Waals surface area contributed by atoms with E-state index >= 15 is 0 Å². The summed E-state index contributed by atoms with van der Waals surface area (Å²) in [6.07, 6.45) is 0. The highest BCUT2D eigenvalue weighted by Crippen LogP contribution is 2.32. The van der Waals surface area contributed by atoms with E-state index in [4.69, 9.17) is 9.47 Å². The molecule has 2 N–H and O–H groups in total. The number of likely N-dealkylation sites (N-methyl/N-ethyl adjacent to an activating group) is 1. The van der Waals surface area contributed by atoms with Gasteiger partial charge in [0, 0.05) is 19.6 Å². The summed E-state index contributed by atoms with van der Waals surface area (Å²) in [4.78, 5) is 26.6. The van der Waals surface area contributed by atoms with Gasteiger partial charge in [0.05, 0.1) is 0 Å². The molecule has 0 saturated heterocycles. The Morgan fingerprint density at radius 1 is 1.12 bits per heavy atom. The predicted octanol–water partition coefficient (Wildman–Crippen LogP) is 0.736. The third-order valence-electron chi connectivity index (χ3n) is 3.87. The van der Waals surface area contributed by atoms with Crippen molar-refractivity contribution in [3.8, 4) is 11.5 Å². The Morgan fingerprint density at radius 2 is 1.79 bits per heavy atom. The Morgan fingerprint density at radius 3 is 2.50 bits per heavy atom. The zero-order valence-corrected chi connectivity index (χ0v) is 14.6. The van der Waals surface area contributed by atoms with Gasteiger partial charge in [0.2, 0.25) is 18.6 Å². The van der Waals surface area contributed by atoms with Crippen LogP contribution in [-0.2, 0) is 16.1 Å². The van der Waals surface area contributed by atoms with Gasteiger partial charge in [-0.2, -0.15) is 0 Å². The lowest BCUT2D eigenvalue weighted by Gasteiger charge is -2.23. The summed E-state index contributed by atoms with van der Waals surface area (Å²) in [7, 11) is 3.85. The maximum Gasteiger partial charge on any atom is 0.235 e. The zero-order valence-electron chi connectivity index (χ0n) is 14.6. The molecule has 0 saturated carbocycles. The van der Waals surface area contributed by atoms with Crippen molar-refractivity contribution in [2.45, 2.75) is 20.4 Å². The van der Waals surface area contributed by atoms with Gasteiger partial charge in [-0.25, -0.2) is 0 Å². The summed E-state index contributed by atoms with van der Waals surface area (Å²) in [6.45, 7) is 5.00. The second kappa shape index (κ2) is 7.53. The first-order valence-corrected chi connectivity index (χ1v) is 7.90. The summed E-state index contributed by atoms with van der Waals surface area (Å²) >= 11 is 0. The molecule has 2 amide bonds. The highest BCUT2D eigenvalue weighted by atomic mass is 16.7. The molecule has 0 unspecified atom stereocenters. The number of ether oxygens (including phenoxy) is 2. The van der Waals surface area contributed by atoms with Gasteiger partial charge in [-0.15, -0.1) is 0 Å². The molecular weight excluding hydrogens is 310 g/mol. The monoisotopic (exact) mass is 335 g/mol. The Hall–Kier alpha value is -2.28. The van der Waals surface area contributed by atoms with Crippen molar-refractivity contribution >= 4 is 11.8 Å². The number of hydrogen-bond acceptors (Lipinski definition) is 5. The first kappa shape index (κ1) is 18.1. The van der Waals surface area contributed by atoms with Crippen molar-refractivity contribution < 1.29 is 19.1 Å². The molecule has 1 aliphatic heterocycles. The van der Waals surface area contributed by atoms with Crippen molar-refractivity contribution in [1.29, 1.82) is 0 Å². The van der Waals surface area contributed by atoms with Crippen molar-refractivity contribution in [3.05, 3.63) is 23.8 Å². The lowest BCUT2D eigenvalue weighted by molar-refractivity contribution is -0.141. The predicted molar refractivity (Wildman–Crippen MR) is 89.8 cm³/mol. The van der Waals surface area contributed by atoms with E-state index in [1.54, 1.807) is 13.8 Å². The van der Waals surface area contributed by atoms with Crippen LogP contribution in [0.5, 0.6) is 11.5 Å². The lowest BCUT2D eigenvalue weighted by atomic mass is 9.91. The first-order valence-electron chi connectivity index (χ1n) is 7.90. The minimum atomic E-state index is -1.14. The van der Waals surface area contributed by atoms with Gasteiger partial charge >= 0.3 is 0 Å². The Bertz CT molecular complexity index is 614. The summed E-state index contributed by atoms with van der Waals surface area (Å²) in [5.41, 5.74) is -0.251. The van der Waals surface area contributed by atoms with E-state index in [0.717, 1.165) is 12.1 Å². The van der Waals surface area contributed by atoms with Gasteiger partial charge in [0.1, 0.15) is 5.41 Å². The van der Waals surface area contributed by atoms with Crippen LogP contribution in [0.25, 0.3) is 0 Å². The number of fused-ring (bicyclic) bond motifs is 1. The Labute approximate surface area is 142 Å². The number of rotatable bonds is 7. The molecule has 24 heavy (non-hydrogen) atoms. The van der Waals surface area contributed by atoms with Crippen LogP contribution in [0.1, 0.15) is 19.4 Å². The summed E-state index contributed by atoms with van der Waals surface area (Å²) in [6, 6.07) is 5.49. The summed E-state index contributed by atoms with van der Waals surface area (Å²) in [5, 5.41) is 5.59. The number of nitrogens with one attached hydrogen (secondary N) is 2. The van der Waals surface area contributed by atoms with E-state index in [1.807, 2.05) is 37.2 Å². The molecule has 7 nitrogen and oxygen atoms in total. The number of carbonyl (C=O) groups excluding carboxylic acids is 2. The van der Waals surface area contributed by atoms with E-state index in [1.165, 1.54) is 0 Å². The molecule has 0 aliphatic carbocycles. The average Bonchev–Trinajstić information content (AvgIpc) is 2.99. The normalized spacial score (nSPS) is 13.0. The molecule has 0 spiro atoms. The smallest absolute Gasteiger partial charge is 0.235 e. The van der Waals surface area contributed by atoms with Crippen LogP contribution in [0.4, 0.5) is 0 Å². The molecule has 2 rings (SSSR count). The van der Waals surface area contributed by atoms with Crippen molar-refractivity contribution in [1.82, 2.24) is 15.5 Å². The van der Waals surface area contributed by atoms with E-state index < -0.39 is 5.41 Å². The molecule has 1 aliphatic rings. The number of carbonyl (C=O) groups is 2. The summed E-state index contributed by atoms with van der Waals surface area (Å²) < 4.78 is 10.6. The number of amides is 2. The van der Waals surface area contributed by atoms with E-state index in [-0.39, 0.29) is 18.6 Å². The largest absolute Gasteiger partial charge is 0.454 e. The minimum absolute atomic E-state index is 0.214. The van der Waals surface area contributed by atoms with Gasteiger partial charge in [0.25, 0.3) is 0 Å². The third-order valence-corrected chi connectivity index (χ3v) is 3.87. The van der Waals surface area contributed by atoms with Crippen molar-refractivity contribution in [3.63, 3.8) is 0 Å². The Kier molecular flexibility index (Phi) is 5.66. The van der Waals surface area contributed by atoms with Gasteiger partial charge in [-0.3, -0.25) is 9.59 Å². The maximum absolute atomic E-state index is 12.4.